The monoisotopic (exact) mass is 395 g/mol. The van der Waals surface area contributed by atoms with Gasteiger partial charge in [0.15, 0.2) is 5.65 Å². The van der Waals surface area contributed by atoms with Gasteiger partial charge in [0.2, 0.25) is 0 Å². The Morgan fingerprint density at radius 3 is 2.86 bits per heavy atom. The van der Waals surface area contributed by atoms with Crippen LogP contribution in [0.15, 0.2) is 48.7 Å². The molecule has 0 N–H and O–H groups in total. The molecule has 2 aromatic heterocycles. The number of benzene rings is 2. The van der Waals surface area contributed by atoms with Crippen molar-refractivity contribution in [1.29, 1.82) is 0 Å². The Labute approximate surface area is 163 Å². The standard InChI is InChI=1S/C20H15F2N5O2/c21-12-6-7-14(22)13(11-12)16-5-2-9-25(16)18-8-10-26-20(23-18)19-15(24-26)3-1-4-17(19)27(28)29/h1,3-4,6-8,10-11,16H,2,5,9H2. The molecule has 4 aromatic rings. The lowest BCUT2D eigenvalue weighted by Crippen LogP contribution is -2.24. The number of hydrogen-bond donors (Lipinski definition) is 0. The van der Waals surface area contributed by atoms with Crippen LogP contribution in [0.25, 0.3) is 16.6 Å². The van der Waals surface area contributed by atoms with Crippen LogP contribution in [-0.4, -0.2) is 26.1 Å². The Morgan fingerprint density at radius 2 is 2.03 bits per heavy atom. The number of halogens is 2. The maximum atomic E-state index is 14.4. The summed E-state index contributed by atoms with van der Waals surface area (Å²) in [6.45, 7) is 0.623. The third-order valence-electron chi connectivity index (χ3n) is 5.32. The van der Waals surface area contributed by atoms with Gasteiger partial charge in [0.05, 0.1) is 11.0 Å². The fourth-order valence-electron chi connectivity index (χ4n) is 4.06. The fraction of sp³-hybridized carbons (Fsp3) is 0.200. The lowest BCUT2D eigenvalue weighted by Gasteiger charge is -2.26. The van der Waals surface area contributed by atoms with Crippen molar-refractivity contribution in [3.05, 3.63) is 76.0 Å². The highest BCUT2D eigenvalue weighted by molar-refractivity contribution is 5.99. The number of fused-ring (bicyclic) bond motifs is 3. The van der Waals surface area contributed by atoms with Gasteiger partial charge in [-0.15, -0.1) is 0 Å². The van der Waals surface area contributed by atoms with Gasteiger partial charge in [0.25, 0.3) is 5.69 Å². The second-order valence-electron chi connectivity index (χ2n) is 7.00. The molecule has 1 aliphatic heterocycles. The highest BCUT2D eigenvalue weighted by atomic mass is 19.1. The zero-order valence-electron chi connectivity index (χ0n) is 15.1. The first-order chi connectivity index (χ1) is 14.0. The topological polar surface area (TPSA) is 76.6 Å². The highest BCUT2D eigenvalue weighted by Gasteiger charge is 2.30. The summed E-state index contributed by atoms with van der Waals surface area (Å²) in [5.74, 6) is -0.410. The van der Waals surface area contributed by atoms with Gasteiger partial charge in [-0.25, -0.2) is 18.3 Å². The van der Waals surface area contributed by atoms with Crippen LogP contribution in [0.3, 0.4) is 0 Å². The van der Waals surface area contributed by atoms with Crippen molar-refractivity contribution in [3.63, 3.8) is 0 Å². The molecule has 5 rings (SSSR count). The molecule has 146 valence electrons. The molecule has 3 heterocycles. The predicted octanol–water partition coefficient (Wildman–Crippen LogP) is 4.41. The van der Waals surface area contributed by atoms with Crippen LogP contribution in [0, 0.1) is 21.7 Å². The molecule has 1 atom stereocenters. The van der Waals surface area contributed by atoms with Crippen LogP contribution in [-0.2, 0) is 0 Å². The average Bonchev–Trinajstić information content (AvgIpc) is 3.33. The van der Waals surface area contributed by atoms with Gasteiger partial charge >= 0.3 is 0 Å². The third-order valence-corrected chi connectivity index (χ3v) is 5.32. The van der Waals surface area contributed by atoms with Crippen molar-refractivity contribution in [3.8, 4) is 0 Å². The summed E-state index contributed by atoms with van der Waals surface area (Å²) >= 11 is 0. The van der Waals surface area contributed by atoms with E-state index in [-0.39, 0.29) is 17.3 Å². The molecule has 0 saturated carbocycles. The number of nitrogens with zero attached hydrogens (tertiary/aromatic N) is 5. The van der Waals surface area contributed by atoms with Crippen LogP contribution < -0.4 is 4.90 Å². The number of non-ortho nitro benzene ring substituents is 1. The predicted molar refractivity (Wildman–Crippen MR) is 103 cm³/mol. The normalized spacial score (nSPS) is 16.8. The van der Waals surface area contributed by atoms with Crippen molar-refractivity contribution in [2.45, 2.75) is 18.9 Å². The molecule has 0 aliphatic carbocycles. The Morgan fingerprint density at radius 1 is 1.17 bits per heavy atom. The maximum absolute atomic E-state index is 14.4. The van der Waals surface area contributed by atoms with Crippen molar-refractivity contribution in [1.82, 2.24) is 14.6 Å². The van der Waals surface area contributed by atoms with Gasteiger partial charge in [-0.2, -0.15) is 5.10 Å². The fourth-order valence-corrected chi connectivity index (χ4v) is 4.06. The molecule has 9 heteroatoms. The Kier molecular flexibility index (Phi) is 3.90. The van der Waals surface area contributed by atoms with Gasteiger partial charge in [-0.3, -0.25) is 10.1 Å². The minimum atomic E-state index is -0.492. The van der Waals surface area contributed by atoms with Gasteiger partial charge in [0, 0.05) is 24.4 Å². The lowest BCUT2D eigenvalue weighted by atomic mass is 10.0. The number of nitro groups is 1. The molecule has 1 unspecified atom stereocenters. The second-order valence-corrected chi connectivity index (χ2v) is 7.00. The Balaban J connectivity index is 1.65. The van der Waals surface area contributed by atoms with E-state index < -0.39 is 16.6 Å². The van der Waals surface area contributed by atoms with Crippen LogP contribution >= 0.6 is 0 Å². The van der Waals surface area contributed by atoms with E-state index in [0.717, 1.165) is 18.6 Å². The van der Waals surface area contributed by atoms with E-state index in [9.17, 15) is 18.9 Å². The van der Waals surface area contributed by atoms with Crippen LogP contribution in [0.5, 0.6) is 0 Å². The van der Waals surface area contributed by atoms with Crippen LogP contribution in [0.1, 0.15) is 24.4 Å². The number of rotatable bonds is 3. The summed E-state index contributed by atoms with van der Waals surface area (Å²) < 4.78 is 29.6. The van der Waals surface area contributed by atoms with E-state index in [1.54, 1.807) is 24.4 Å². The van der Waals surface area contributed by atoms with Crippen molar-refractivity contribution in [2.24, 2.45) is 0 Å². The molecule has 2 aromatic carbocycles. The molecule has 1 fully saturated rings. The summed E-state index contributed by atoms with van der Waals surface area (Å²) in [5, 5.41) is 16.2. The SMILES string of the molecule is O=[N+]([O-])c1cccc2nn3ccc(N4CCCC4c4cc(F)ccc4F)nc3c12. The smallest absolute Gasteiger partial charge is 0.282 e. The van der Waals surface area contributed by atoms with E-state index >= 15 is 0 Å². The third kappa shape index (κ3) is 2.77. The zero-order valence-corrected chi connectivity index (χ0v) is 15.1. The van der Waals surface area contributed by atoms with Crippen LogP contribution in [0.4, 0.5) is 20.3 Å². The second kappa shape index (κ2) is 6.47. The first-order valence-electron chi connectivity index (χ1n) is 9.17. The van der Waals surface area contributed by atoms with E-state index in [4.69, 9.17) is 0 Å². The number of nitro benzene ring substituents is 1. The molecule has 0 amide bonds. The maximum Gasteiger partial charge on any atom is 0.282 e. The van der Waals surface area contributed by atoms with E-state index in [1.165, 1.54) is 16.6 Å². The van der Waals surface area contributed by atoms with Gasteiger partial charge in [0.1, 0.15) is 28.4 Å². The van der Waals surface area contributed by atoms with E-state index in [2.05, 4.69) is 10.1 Å². The Bertz CT molecular complexity index is 1270. The molecule has 0 bridgehead atoms. The van der Waals surface area contributed by atoms with Crippen LogP contribution in [0.2, 0.25) is 0 Å². The molecule has 0 radical (unpaired) electrons. The van der Waals surface area contributed by atoms with Gasteiger partial charge in [-0.05, 0) is 43.2 Å². The zero-order chi connectivity index (χ0) is 20.1. The molecule has 29 heavy (non-hydrogen) atoms. The first-order valence-corrected chi connectivity index (χ1v) is 9.17. The minimum absolute atomic E-state index is 0.0729. The van der Waals surface area contributed by atoms with Crippen molar-refractivity contribution >= 4 is 28.1 Å². The van der Waals surface area contributed by atoms with E-state index in [0.29, 0.717) is 35.3 Å². The quantitative estimate of drug-likeness (QED) is 0.379. The average molecular weight is 395 g/mol. The first kappa shape index (κ1) is 17.5. The summed E-state index contributed by atoms with van der Waals surface area (Å²) in [7, 11) is 0. The molecular weight excluding hydrogens is 380 g/mol. The summed E-state index contributed by atoms with van der Waals surface area (Å²) in [6.07, 6.45) is 3.14. The molecule has 7 nitrogen and oxygen atoms in total. The summed E-state index contributed by atoms with van der Waals surface area (Å²) in [6, 6.07) is 9.51. The molecule has 1 saturated heterocycles. The summed E-state index contributed by atoms with van der Waals surface area (Å²) in [4.78, 5) is 17.5. The largest absolute Gasteiger partial charge is 0.349 e. The molecule has 0 spiro atoms. The molecule has 1 aliphatic rings. The number of aromatic nitrogens is 3. The number of anilines is 1. The van der Waals surface area contributed by atoms with E-state index in [1.807, 2.05) is 4.90 Å². The minimum Gasteiger partial charge on any atom is -0.349 e. The highest BCUT2D eigenvalue weighted by Crippen LogP contribution is 2.37. The summed E-state index contributed by atoms with van der Waals surface area (Å²) in [5.41, 5.74) is 1.04. The van der Waals surface area contributed by atoms with Crippen molar-refractivity contribution < 1.29 is 13.7 Å². The Hall–Kier alpha value is -3.62. The van der Waals surface area contributed by atoms with Crippen molar-refractivity contribution in [2.75, 3.05) is 11.4 Å². The van der Waals surface area contributed by atoms with Gasteiger partial charge in [-0.1, -0.05) is 6.07 Å². The number of hydrogen-bond acceptors (Lipinski definition) is 5. The molecular formula is C20H15F2N5O2. The lowest BCUT2D eigenvalue weighted by molar-refractivity contribution is -0.383. The van der Waals surface area contributed by atoms with Gasteiger partial charge < -0.3 is 4.90 Å².